The molecule has 0 bridgehead atoms. The summed E-state index contributed by atoms with van der Waals surface area (Å²) < 4.78 is 6.53. The quantitative estimate of drug-likeness (QED) is 0.0827. The summed E-state index contributed by atoms with van der Waals surface area (Å²) in [6.45, 7) is 3.53. The second-order valence-electron chi connectivity index (χ2n) is 12.3. The van der Waals surface area contributed by atoms with Crippen molar-refractivity contribution < 1.29 is 19.4 Å². The van der Waals surface area contributed by atoms with Crippen molar-refractivity contribution >= 4 is 56.5 Å². The van der Waals surface area contributed by atoms with Crippen LogP contribution in [-0.4, -0.2) is 65.8 Å². The fourth-order valence-corrected chi connectivity index (χ4v) is 7.33. The standard InChI is InChI=1S/C38H40ClN5O5S/c39-31-24-28(12-10-26(31)14-19-40-20-15-27-11-13-33(45)35-36(27)50-38(48)43-35)41-34(46)18-23-44-21-16-29(17-22-44)49-37(47)42-32-9-5-4-8-30(32)25-6-2-1-3-7-25/h1-13,24,29,40,45H,14-23H2,(H,41,46)(H,42,47)(H,43,48). The number of benzene rings is 4. The highest BCUT2D eigenvalue weighted by Crippen LogP contribution is 2.29. The number of aromatic hydroxyl groups is 1. The number of fused-ring (bicyclic) bond motifs is 1. The third-order valence-electron chi connectivity index (χ3n) is 8.83. The summed E-state index contributed by atoms with van der Waals surface area (Å²) in [6, 6.07) is 26.6. The van der Waals surface area contributed by atoms with Gasteiger partial charge in [0.1, 0.15) is 17.4 Å². The van der Waals surface area contributed by atoms with Crippen molar-refractivity contribution in [2.75, 3.05) is 43.4 Å². The topological polar surface area (TPSA) is 136 Å². The van der Waals surface area contributed by atoms with Crippen molar-refractivity contribution in [2.45, 2.75) is 38.2 Å². The van der Waals surface area contributed by atoms with Crippen LogP contribution in [0.1, 0.15) is 30.4 Å². The minimum Gasteiger partial charge on any atom is -0.506 e. The number of para-hydroxylation sites is 1. The number of phenolic OH excluding ortho intramolecular Hbond substituents is 1. The van der Waals surface area contributed by atoms with E-state index in [0.717, 1.165) is 64.2 Å². The zero-order valence-electron chi connectivity index (χ0n) is 27.5. The third kappa shape index (κ3) is 9.30. The molecule has 0 unspecified atom stereocenters. The smallest absolute Gasteiger partial charge is 0.411 e. The van der Waals surface area contributed by atoms with E-state index in [1.165, 1.54) is 0 Å². The van der Waals surface area contributed by atoms with Gasteiger partial charge in [-0.1, -0.05) is 83.6 Å². The molecular formula is C38H40ClN5O5S. The number of carbonyl (C=O) groups is 2. The predicted molar refractivity (Wildman–Crippen MR) is 201 cm³/mol. The van der Waals surface area contributed by atoms with E-state index in [1.807, 2.05) is 72.8 Å². The number of hydrogen-bond donors (Lipinski definition) is 5. The van der Waals surface area contributed by atoms with Crippen LogP contribution in [0.25, 0.3) is 21.3 Å². The first-order valence-electron chi connectivity index (χ1n) is 16.8. The van der Waals surface area contributed by atoms with Crippen LogP contribution in [0.4, 0.5) is 16.2 Å². The van der Waals surface area contributed by atoms with E-state index in [2.05, 4.69) is 25.8 Å². The van der Waals surface area contributed by atoms with Gasteiger partial charge in [-0.2, -0.15) is 0 Å². The summed E-state index contributed by atoms with van der Waals surface area (Å²) in [4.78, 5) is 41.9. The molecule has 1 aliphatic rings. The number of hydrogen-bond acceptors (Lipinski definition) is 8. The maximum absolute atomic E-state index is 12.7. The number of halogens is 1. The number of H-pyrrole nitrogens is 1. The van der Waals surface area contributed by atoms with E-state index in [-0.39, 0.29) is 22.6 Å². The van der Waals surface area contributed by atoms with Crippen molar-refractivity contribution in [3.63, 3.8) is 0 Å². The number of anilines is 2. The number of rotatable bonds is 13. The molecule has 12 heteroatoms. The average Bonchev–Trinajstić information content (AvgIpc) is 3.52. The Morgan fingerprint density at radius 3 is 2.42 bits per heavy atom. The number of likely N-dealkylation sites (tertiary alicyclic amines) is 1. The van der Waals surface area contributed by atoms with Crippen LogP contribution >= 0.6 is 22.9 Å². The zero-order chi connectivity index (χ0) is 34.9. The maximum atomic E-state index is 12.7. The Hall–Kier alpha value is -4.68. The number of ether oxygens (including phenoxy) is 1. The number of aromatic amines is 1. The van der Waals surface area contributed by atoms with E-state index >= 15 is 0 Å². The van der Waals surface area contributed by atoms with Crippen molar-refractivity contribution in [2.24, 2.45) is 0 Å². The number of nitrogens with zero attached hydrogens (tertiary/aromatic N) is 1. The number of nitrogens with one attached hydrogen (secondary N) is 4. The first kappa shape index (κ1) is 35.2. The predicted octanol–water partition coefficient (Wildman–Crippen LogP) is 7.03. The second kappa shape index (κ2) is 16.8. The summed E-state index contributed by atoms with van der Waals surface area (Å²) >= 11 is 7.66. The van der Waals surface area contributed by atoms with Gasteiger partial charge < -0.3 is 30.4 Å². The molecule has 1 aromatic heterocycles. The SMILES string of the molecule is O=C(CCN1CCC(OC(=O)Nc2ccccc2-c2ccccc2)CC1)Nc1ccc(CCNCCc2ccc(O)c3[nH]c(=O)sc23)c(Cl)c1. The van der Waals surface area contributed by atoms with Gasteiger partial charge >= 0.3 is 11.0 Å². The molecule has 0 saturated carbocycles. The van der Waals surface area contributed by atoms with Gasteiger partial charge in [0, 0.05) is 42.3 Å². The summed E-state index contributed by atoms with van der Waals surface area (Å²) in [7, 11) is 0. The Bertz CT molecular complexity index is 1990. The first-order valence-corrected chi connectivity index (χ1v) is 18.0. The van der Waals surface area contributed by atoms with E-state index in [0.29, 0.717) is 60.8 Å². The van der Waals surface area contributed by atoms with Crippen LogP contribution in [0, 0.1) is 0 Å². The molecule has 0 atom stereocenters. The first-order chi connectivity index (χ1) is 24.3. The Balaban J connectivity index is 0.873. The number of amides is 2. The van der Waals surface area contributed by atoms with Crippen molar-refractivity contribution in [1.29, 1.82) is 0 Å². The normalized spacial score (nSPS) is 13.7. The van der Waals surface area contributed by atoms with Gasteiger partial charge in [-0.25, -0.2) is 4.79 Å². The fourth-order valence-electron chi connectivity index (χ4n) is 6.16. The van der Waals surface area contributed by atoms with Crippen LogP contribution in [0.5, 0.6) is 5.75 Å². The number of thiazole rings is 1. The van der Waals surface area contributed by atoms with Gasteiger partial charge in [-0.05, 0) is 79.7 Å². The summed E-state index contributed by atoms with van der Waals surface area (Å²) in [5, 5.41) is 19.9. The molecule has 0 radical (unpaired) electrons. The highest BCUT2D eigenvalue weighted by Gasteiger charge is 2.23. The van der Waals surface area contributed by atoms with Crippen molar-refractivity contribution in [1.82, 2.24) is 15.2 Å². The molecule has 0 aliphatic carbocycles. The van der Waals surface area contributed by atoms with Gasteiger partial charge in [-0.3, -0.25) is 14.9 Å². The fraction of sp³-hybridized carbons (Fsp3) is 0.289. The Morgan fingerprint density at radius 2 is 1.64 bits per heavy atom. The molecule has 2 amide bonds. The average molecular weight is 714 g/mol. The van der Waals surface area contributed by atoms with E-state index < -0.39 is 6.09 Å². The number of aromatic nitrogens is 1. The molecule has 1 saturated heterocycles. The Morgan fingerprint density at radius 1 is 0.920 bits per heavy atom. The highest BCUT2D eigenvalue weighted by atomic mass is 35.5. The number of phenols is 1. The molecule has 1 aliphatic heterocycles. The summed E-state index contributed by atoms with van der Waals surface area (Å²) in [5.74, 6) is -0.00182. The molecule has 6 rings (SSSR count). The van der Waals surface area contributed by atoms with Gasteiger partial charge in [0.15, 0.2) is 0 Å². The van der Waals surface area contributed by atoms with E-state index in [9.17, 15) is 19.5 Å². The Kier molecular flexibility index (Phi) is 11.8. The summed E-state index contributed by atoms with van der Waals surface area (Å²) in [5.41, 5.74) is 5.80. The number of piperidine rings is 1. The minimum atomic E-state index is -0.461. The van der Waals surface area contributed by atoms with Gasteiger partial charge in [0.2, 0.25) is 5.91 Å². The van der Waals surface area contributed by atoms with E-state index in [4.69, 9.17) is 16.3 Å². The summed E-state index contributed by atoms with van der Waals surface area (Å²) in [6.07, 6.45) is 2.56. The van der Waals surface area contributed by atoms with Crippen molar-refractivity contribution in [3.8, 4) is 16.9 Å². The molecule has 10 nitrogen and oxygen atoms in total. The van der Waals surface area contributed by atoms with Gasteiger partial charge in [0.05, 0.1) is 10.4 Å². The van der Waals surface area contributed by atoms with Crippen molar-refractivity contribution in [3.05, 3.63) is 111 Å². The monoisotopic (exact) mass is 713 g/mol. The molecule has 1 fully saturated rings. The zero-order valence-corrected chi connectivity index (χ0v) is 29.1. The van der Waals surface area contributed by atoms with Crippen LogP contribution in [-0.2, 0) is 22.4 Å². The van der Waals surface area contributed by atoms with Crippen LogP contribution in [0.15, 0.2) is 89.7 Å². The Labute approximate surface area is 299 Å². The lowest BCUT2D eigenvalue weighted by Gasteiger charge is -2.31. The lowest BCUT2D eigenvalue weighted by atomic mass is 10.0. The molecular weight excluding hydrogens is 674 g/mol. The molecule has 5 N–H and O–H groups in total. The lowest BCUT2D eigenvalue weighted by molar-refractivity contribution is -0.116. The third-order valence-corrected chi connectivity index (χ3v) is 10.1. The van der Waals surface area contributed by atoms with Crippen LogP contribution < -0.4 is 20.8 Å². The lowest BCUT2D eigenvalue weighted by Crippen LogP contribution is -2.39. The minimum absolute atomic E-state index is 0.0805. The molecule has 260 valence electrons. The second-order valence-corrected chi connectivity index (χ2v) is 13.7. The molecule has 2 heterocycles. The van der Waals surface area contributed by atoms with Crippen LogP contribution in [0.2, 0.25) is 5.02 Å². The molecule has 50 heavy (non-hydrogen) atoms. The van der Waals surface area contributed by atoms with E-state index in [1.54, 1.807) is 12.1 Å². The van der Waals surface area contributed by atoms with Gasteiger partial charge in [0.25, 0.3) is 0 Å². The largest absolute Gasteiger partial charge is 0.506 e. The maximum Gasteiger partial charge on any atom is 0.411 e. The molecule has 0 spiro atoms. The molecule has 5 aromatic rings. The van der Waals surface area contributed by atoms with Crippen LogP contribution in [0.3, 0.4) is 0 Å². The number of carbonyl (C=O) groups excluding carboxylic acids is 2. The molecule has 4 aromatic carbocycles. The van der Waals surface area contributed by atoms with Gasteiger partial charge in [-0.15, -0.1) is 0 Å². The highest BCUT2D eigenvalue weighted by molar-refractivity contribution is 7.16.